The summed E-state index contributed by atoms with van der Waals surface area (Å²) in [4.78, 5) is 12.7. The summed E-state index contributed by atoms with van der Waals surface area (Å²) in [6.07, 6.45) is 0.861. The van der Waals surface area contributed by atoms with Crippen LogP contribution in [0.15, 0.2) is 71.6 Å². The normalized spacial score (nSPS) is 11.5. The summed E-state index contributed by atoms with van der Waals surface area (Å²) in [5, 5.41) is 2.79. The fourth-order valence-corrected chi connectivity index (χ4v) is 4.72. The molecule has 1 N–H and O–H groups in total. The molecule has 32 heavy (non-hydrogen) atoms. The van der Waals surface area contributed by atoms with Crippen LogP contribution in [0.1, 0.15) is 23.6 Å². The Bertz CT molecular complexity index is 1180. The summed E-state index contributed by atoms with van der Waals surface area (Å²) in [5.74, 6) is -1.19. The highest BCUT2D eigenvalue weighted by molar-refractivity contribution is 7.89. The molecule has 0 aliphatic carbocycles. The molecule has 8 heteroatoms. The van der Waals surface area contributed by atoms with E-state index in [1.807, 2.05) is 26.0 Å². The number of benzene rings is 3. The Morgan fingerprint density at radius 3 is 2.28 bits per heavy atom. The van der Waals surface area contributed by atoms with Gasteiger partial charge in [0.05, 0.1) is 11.4 Å². The van der Waals surface area contributed by atoms with Crippen molar-refractivity contribution in [2.45, 2.75) is 31.7 Å². The maximum Gasteiger partial charge on any atom is 0.243 e. The van der Waals surface area contributed by atoms with Gasteiger partial charge in [-0.05, 0) is 55.3 Å². The molecule has 3 rings (SSSR count). The summed E-state index contributed by atoms with van der Waals surface area (Å²) in [6.45, 7) is 2.97. The monoisotopic (exact) mass is 474 g/mol. The van der Waals surface area contributed by atoms with Crippen LogP contribution in [0.5, 0.6) is 0 Å². The number of aryl methyl sites for hydroxylation is 2. The minimum atomic E-state index is -4.10. The van der Waals surface area contributed by atoms with E-state index in [-0.39, 0.29) is 22.0 Å². The van der Waals surface area contributed by atoms with Gasteiger partial charge in [-0.25, -0.2) is 12.8 Å². The van der Waals surface area contributed by atoms with Gasteiger partial charge >= 0.3 is 0 Å². The number of amides is 1. The second-order valence-corrected chi connectivity index (χ2v) is 9.73. The Balaban J connectivity index is 1.90. The molecular weight excluding hydrogens is 451 g/mol. The van der Waals surface area contributed by atoms with Crippen molar-refractivity contribution in [1.29, 1.82) is 0 Å². The van der Waals surface area contributed by atoms with E-state index in [1.54, 1.807) is 24.3 Å². The third-order valence-electron chi connectivity index (χ3n) is 5.02. The lowest BCUT2D eigenvalue weighted by atomic mass is 10.1. The molecule has 0 saturated heterocycles. The Morgan fingerprint density at radius 2 is 1.69 bits per heavy atom. The van der Waals surface area contributed by atoms with E-state index in [0.717, 1.165) is 21.9 Å². The fourth-order valence-electron chi connectivity index (χ4n) is 3.13. The van der Waals surface area contributed by atoms with Gasteiger partial charge in [0.2, 0.25) is 15.9 Å². The van der Waals surface area contributed by atoms with Crippen LogP contribution in [-0.4, -0.2) is 25.2 Å². The van der Waals surface area contributed by atoms with Gasteiger partial charge in [-0.15, -0.1) is 0 Å². The van der Waals surface area contributed by atoms with Gasteiger partial charge in [0.25, 0.3) is 0 Å². The Hall–Kier alpha value is -2.74. The van der Waals surface area contributed by atoms with E-state index >= 15 is 0 Å². The van der Waals surface area contributed by atoms with Crippen LogP contribution in [0.4, 0.5) is 10.1 Å². The zero-order valence-electron chi connectivity index (χ0n) is 17.8. The number of sulfonamides is 1. The molecule has 1 amide bonds. The highest BCUT2D eigenvalue weighted by Crippen LogP contribution is 2.25. The van der Waals surface area contributed by atoms with Crippen LogP contribution < -0.4 is 5.32 Å². The second kappa shape index (κ2) is 10.3. The average Bonchev–Trinajstić information content (AvgIpc) is 2.76. The molecule has 0 radical (unpaired) electrons. The number of carbonyl (C=O) groups excluding carboxylic acids is 1. The molecule has 0 bridgehead atoms. The third-order valence-corrected chi connectivity index (χ3v) is 7.18. The number of anilines is 1. The largest absolute Gasteiger partial charge is 0.325 e. The summed E-state index contributed by atoms with van der Waals surface area (Å²) in [7, 11) is -4.10. The first-order valence-electron chi connectivity index (χ1n) is 10.1. The molecule has 0 fully saturated rings. The SMILES string of the molecule is CCc1ccc(NC(=O)CN(Cc2c(F)cccc2Cl)S(=O)(=O)c2ccc(C)cc2)cc1. The van der Waals surface area contributed by atoms with Crippen LogP contribution in [0.25, 0.3) is 0 Å². The van der Waals surface area contributed by atoms with E-state index in [4.69, 9.17) is 11.6 Å². The average molecular weight is 475 g/mol. The second-order valence-electron chi connectivity index (χ2n) is 7.39. The summed E-state index contributed by atoms with van der Waals surface area (Å²) < 4.78 is 42.0. The molecule has 0 unspecified atom stereocenters. The van der Waals surface area contributed by atoms with Crippen molar-refractivity contribution in [3.63, 3.8) is 0 Å². The maximum atomic E-state index is 14.4. The quantitative estimate of drug-likeness (QED) is 0.489. The number of hydrogen-bond acceptors (Lipinski definition) is 3. The Labute approximate surface area is 192 Å². The summed E-state index contributed by atoms with van der Waals surface area (Å²) in [5.41, 5.74) is 2.55. The maximum absolute atomic E-state index is 14.4. The first-order chi connectivity index (χ1) is 15.2. The van der Waals surface area contributed by atoms with Crippen molar-refractivity contribution in [2.75, 3.05) is 11.9 Å². The lowest BCUT2D eigenvalue weighted by Gasteiger charge is -2.23. The molecule has 0 saturated carbocycles. The van der Waals surface area contributed by atoms with Gasteiger partial charge < -0.3 is 5.32 Å². The standard InChI is InChI=1S/C24H24ClFN2O3S/c1-3-18-9-11-19(12-10-18)27-24(29)16-28(15-21-22(25)5-4-6-23(21)26)32(30,31)20-13-7-17(2)8-14-20/h4-14H,3,15-16H2,1-2H3,(H,27,29). The number of nitrogens with one attached hydrogen (secondary N) is 1. The number of carbonyl (C=O) groups is 1. The topological polar surface area (TPSA) is 66.5 Å². The van der Waals surface area contributed by atoms with Crippen LogP contribution >= 0.6 is 11.6 Å². The Morgan fingerprint density at radius 1 is 1.03 bits per heavy atom. The molecule has 5 nitrogen and oxygen atoms in total. The van der Waals surface area contributed by atoms with Crippen molar-refractivity contribution >= 4 is 33.2 Å². The summed E-state index contributed by atoms with van der Waals surface area (Å²) >= 11 is 6.12. The molecule has 168 valence electrons. The lowest BCUT2D eigenvalue weighted by molar-refractivity contribution is -0.116. The van der Waals surface area contributed by atoms with Crippen molar-refractivity contribution in [2.24, 2.45) is 0 Å². The zero-order chi connectivity index (χ0) is 23.3. The lowest BCUT2D eigenvalue weighted by Crippen LogP contribution is -2.37. The van der Waals surface area contributed by atoms with E-state index in [2.05, 4.69) is 5.32 Å². The van der Waals surface area contributed by atoms with Gasteiger partial charge in [-0.2, -0.15) is 4.31 Å². The molecule has 0 aliphatic rings. The molecule has 0 aliphatic heterocycles. The molecule has 3 aromatic rings. The van der Waals surface area contributed by atoms with Gasteiger partial charge in [0.1, 0.15) is 5.82 Å². The molecule has 0 aromatic heterocycles. The van der Waals surface area contributed by atoms with Gasteiger partial charge in [0.15, 0.2) is 0 Å². The predicted octanol–water partition coefficient (Wildman–Crippen LogP) is 5.18. The highest BCUT2D eigenvalue weighted by Gasteiger charge is 2.28. The van der Waals surface area contributed by atoms with Crippen molar-refractivity contribution in [3.8, 4) is 0 Å². The predicted molar refractivity (Wildman–Crippen MR) is 125 cm³/mol. The highest BCUT2D eigenvalue weighted by atomic mass is 35.5. The number of hydrogen-bond donors (Lipinski definition) is 1. The van der Waals surface area contributed by atoms with Crippen molar-refractivity contribution in [1.82, 2.24) is 4.31 Å². The van der Waals surface area contributed by atoms with Crippen LogP contribution in [0.3, 0.4) is 0 Å². The van der Waals surface area contributed by atoms with E-state index in [1.165, 1.54) is 30.3 Å². The molecule has 0 heterocycles. The van der Waals surface area contributed by atoms with E-state index in [9.17, 15) is 17.6 Å². The minimum Gasteiger partial charge on any atom is -0.325 e. The van der Waals surface area contributed by atoms with Crippen molar-refractivity contribution < 1.29 is 17.6 Å². The number of rotatable bonds is 8. The first-order valence-corrected chi connectivity index (χ1v) is 11.9. The van der Waals surface area contributed by atoms with E-state index in [0.29, 0.717) is 5.69 Å². The minimum absolute atomic E-state index is 0.00459. The Kier molecular flexibility index (Phi) is 7.66. The third kappa shape index (κ3) is 5.73. The zero-order valence-corrected chi connectivity index (χ0v) is 19.4. The van der Waals surface area contributed by atoms with Gasteiger partial charge in [-0.3, -0.25) is 4.79 Å². The smallest absolute Gasteiger partial charge is 0.243 e. The van der Waals surface area contributed by atoms with Gasteiger partial charge in [-0.1, -0.05) is 54.4 Å². The fraction of sp³-hybridized carbons (Fsp3) is 0.208. The molecular formula is C24H24ClFN2O3S. The number of halogens is 2. The van der Waals surface area contributed by atoms with Crippen LogP contribution in [-0.2, 0) is 27.8 Å². The van der Waals surface area contributed by atoms with Crippen LogP contribution in [0.2, 0.25) is 5.02 Å². The molecule has 0 atom stereocenters. The van der Waals surface area contributed by atoms with Crippen LogP contribution in [0, 0.1) is 12.7 Å². The van der Waals surface area contributed by atoms with E-state index < -0.39 is 28.3 Å². The molecule has 3 aromatic carbocycles. The number of nitrogens with zero attached hydrogens (tertiary/aromatic N) is 1. The summed E-state index contributed by atoms with van der Waals surface area (Å²) in [6, 6.07) is 17.6. The van der Waals surface area contributed by atoms with Crippen molar-refractivity contribution in [3.05, 3.63) is 94.3 Å². The molecule has 0 spiro atoms. The van der Waals surface area contributed by atoms with Gasteiger partial charge in [0, 0.05) is 22.8 Å². The first kappa shape index (κ1) is 23.9.